The molecule has 49 heavy (non-hydrogen) atoms. The van der Waals surface area contributed by atoms with Crippen LogP contribution in [0.15, 0.2) is 120 Å². The average Bonchev–Trinajstić information content (AvgIpc) is 3.75. The van der Waals surface area contributed by atoms with Gasteiger partial charge in [-0.25, -0.2) is 4.72 Å². The van der Waals surface area contributed by atoms with Gasteiger partial charge in [0, 0.05) is 40.2 Å². The van der Waals surface area contributed by atoms with Crippen molar-refractivity contribution in [3.05, 3.63) is 153 Å². The minimum absolute atomic E-state index is 0.169. The third kappa shape index (κ3) is 7.08. The highest BCUT2D eigenvalue weighted by Gasteiger charge is 2.47. The maximum Gasteiger partial charge on any atom is 0.516 e. The van der Waals surface area contributed by atoms with Crippen LogP contribution in [0.25, 0.3) is 10.9 Å². The summed E-state index contributed by atoms with van der Waals surface area (Å²) in [4.78, 5) is 25.4. The standard InChI is InChI=1S/C36H28F3N3O5S2/c1-47-32-19-26(35(44)41-49(45,46)36(37,38)39)13-12-25(32)18-28-21-42(33(23-8-4-2-5-9-23)24-10-6-3-7-11-24)31-15-14-29(20-30(28)31)40-34(43)27-16-17-48-22-27/h2-17,19-22,33H,18H2,1H3,(H,40,43)(H,41,44). The molecule has 0 bridgehead atoms. The van der Waals surface area contributed by atoms with E-state index >= 15 is 0 Å². The molecule has 0 fully saturated rings. The summed E-state index contributed by atoms with van der Waals surface area (Å²) in [6, 6.07) is 31.1. The molecule has 2 aromatic heterocycles. The van der Waals surface area contributed by atoms with Crippen LogP contribution in [0.2, 0.25) is 0 Å². The number of alkyl halides is 3. The van der Waals surface area contributed by atoms with Gasteiger partial charge in [0.05, 0.1) is 18.7 Å². The zero-order valence-corrected chi connectivity index (χ0v) is 27.4. The van der Waals surface area contributed by atoms with Gasteiger partial charge in [-0.2, -0.15) is 32.9 Å². The molecular weight excluding hydrogens is 676 g/mol. The Bertz CT molecular complexity index is 2200. The molecule has 2 heterocycles. The summed E-state index contributed by atoms with van der Waals surface area (Å²) < 4.78 is 70.4. The summed E-state index contributed by atoms with van der Waals surface area (Å²) in [5.74, 6) is -1.53. The van der Waals surface area contributed by atoms with Crippen LogP contribution >= 0.6 is 11.3 Å². The van der Waals surface area contributed by atoms with Crippen LogP contribution in [-0.2, 0) is 16.4 Å². The molecule has 6 aromatic rings. The van der Waals surface area contributed by atoms with E-state index in [1.807, 2.05) is 90.4 Å². The average molecular weight is 704 g/mol. The van der Waals surface area contributed by atoms with Crippen LogP contribution < -0.4 is 14.8 Å². The van der Waals surface area contributed by atoms with E-state index in [1.54, 1.807) is 11.4 Å². The van der Waals surface area contributed by atoms with Gasteiger partial charge in [0.25, 0.3) is 11.8 Å². The van der Waals surface area contributed by atoms with E-state index in [-0.39, 0.29) is 29.7 Å². The predicted molar refractivity (Wildman–Crippen MR) is 183 cm³/mol. The van der Waals surface area contributed by atoms with Gasteiger partial charge in [-0.3, -0.25) is 9.59 Å². The van der Waals surface area contributed by atoms with Crippen molar-refractivity contribution in [1.82, 2.24) is 9.29 Å². The highest BCUT2D eigenvalue weighted by Crippen LogP contribution is 2.36. The van der Waals surface area contributed by atoms with Gasteiger partial charge in [-0.05, 0) is 64.0 Å². The molecule has 0 atom stereocenters. The first-order valence-electron chi connectivity index (χ1n) is 14.8. The molecule has 250 valence electrons. The van der Waals surface area contributed by atoms with Gasteiger partial charge < -0.3 is 14.6 Å². The zero-order valence-electron chi connectivity index (χ0n) is 25.8. The number of aromatic nitrogens is 1. The molecule has 6 rings (SSSR count). The highest BCUT2D eigenvalue weighted by atomic mass is 32.2. The molecular formula is C36H28F3N3O5S2. The second-order valence-corrected chi connectivity index (χ2v) is 13.5. The van der Waals surface area contributed by atoms with Gasteiger partial charge in [0.1, 0.15) is 5.75 Å². The van der Waals surface area contributed by atoms with Crippen molar-refractivity contribution in [2.24, 2.45) is 0 Å². The molecule has 0 unspecified atom stereocenters. The Morgan fingerprint density at radius 3 is 2.10 bits per heavy atom. The molecule has 0 saturated carbocycles. The minimum Gasteiger partial charge on any atom is -0.496 e. The molecule has 13 heteroatoms. The zero-order chi connectivity index (χ0) is 34.8. The number of rotatable bonds is 10. The van der Waals surface area contributed by atoms with E-state index in [0.717, 1.165) is 32.3 Å². The summed E-state index contributed by atoms with van der Waals surface area (Å²) in [6.07, 6.45) is 2.27. The Hall–Kier alpha value is -5.40. The Labute approximate surface area is 283 Å². The molecule has 2 amide bonds. The fourth-order valence-electron chi connectivity index (χ4n) is 5.61. The molecule has 0 aliphatic rings. The monoisotopic (exact) mass is 703 g/mol. The number of anilines is 1. The van der Waals surface area contributed by atoms with Crippen molar-refractivity contribution in [3.63, 3.8) is 0 Å². The van der Waals surface area contributed by atoms with Gasteiger partial charge >= 0.3 is 15.5 Å². The van der Waals surface area contributed by atoms with Crippen LogP contribution in [0, 0.1) is 0 Å². The lowest BCUT2D eigenvalue weighted by Gasteiger charge is -2.21. The third-order valence-electron chi connectivity index (χ3n) is 7.93. The number of nitrogens with zero attached hydrogens (tertiary/aromatic N) is 1. The Kier molecular flexibility index (Phi) is 9.30. The summed E-state index contributed by atoms with van der Waals surface area (Å²) >= 11 is 1.42. The number of benzene rings is 4. The molecule has 0 radical (unpaired) electrons. The molecule has 2 N–H and O–H groups in total. The van der Waals surface area contributed by atoms with Crippen molar-refractivity contribution < 1.29 is 35.9 Å². The molecule has 4 aromatic carbocycles. The summed E-state index contributed by atoms with van der Waals surface area (Å²) in [5, 5.41) is 7.36. The van der Waals surface area contributed by atoms with E-state index < -0.39 is 21.4 Å². The van der Waals surface area contributed by atoms with Crippen molar-refractivity contribution >= 4 is 49.8 Å². The number of ether oxygens (including phenoxy) is 1. The number of sulfonamides is 1. The SMILES string of the molecule is COc1cc(C(=O)NS(=O)(=O)C(F)(F)F)ccc1Cc1cn(C(c2ccccc2)c2ccccc2)c2ccc(NC(=O)c3ccsc3)cc12. The number of halogens is 3. The highest BCUT2D eigenvalue weighted by molar-refractivity contribution is 7.90. The molecule has 0 aliphatic carbocycles. The second-order valence-electron chi connectivity index (χ2n) is 11.1. The summed E-state index contributed by atoms with van der Waals surface area (Å²) in [5.41, 5.74) is -0.524. The molecule has 8 nitrogen and oxygen atoms in total. The Morgan fingerprint density at radius 2 is 1.51 bits per heavy atom. The van der Waals surface area contributed by atoms with E-state index in [1.165, 1.54) is 36.6 Å². The fourth-order valence-corrected chi connectivity index (χ4v) is 6.73. The number of methoxy groups -OCH3 is 1. The first-order valence-corrected chi connectivity index (χ1v) is 17.2. The van der Waals surface area contributed by atoms with Crippen LogP contribution in [0.4, 0.5) is 18.9 Å². The lowest BCUT2D eigenvalue weighted by molar-refractivity contribution is -0.0446. The first-order chi connectivity index (χ1) is 23.4. The Morgan fingerprint density at radius 1 is 0.837 bits per heavy atom. The number of carbonyl (C=O) groups excluding carboxylic acids is 2. The number of amides is 2. The van der Waals surface area contributed by atoms with Crippen molar-refractivity contribution in [3.8, 4) is 5.75 Å². The van der Waals surface area contributed by atoms with Crippen LogP contribution in [0.5, 0.6) is 5.75 Å². The van der Waals surface area contributed by atoms with E-state index in [4.69, 9.17) is 4.74 Å². The van der Waals surface area contributed by atoms with Gasteiger partial charge in [-0.1, -0.05) is 66.7 Å². The van der Waals surface area contributed by atoms with Crippen LogP contribution in [-0.4, -0.2) is 37.4 Å². The third-order valence-corrected chi connectivity index (χ3v) is 9.67. The lowest BCUT2D eigenvalue weighted by Crippen LogP contribution is -2.40. The molecule has 0 aliphatic heterocycles. The van der Waals surface area contributed by atoms with Crippen molar-refractivity contribution in [1.29, 1.82) is 0 Å². The quantitative estimate of drug-likeness (QED) is 0.152. The maximum atomic E-state index is 12.9. The molecule has 0 spiro atoms. The van der Waals surface area contributed by atoms with Crippen LogP contribution in [0.3, 0.4) is 0 Å². The lowest BCUT2D eigenvalue weighted by atomic mass is 9.98. The first kappa shape index (κ1) is 33.5. The minimum atomic E-state index is -5.90. The normalized spacial score (nSPS) is 11.9. The summed E-state index contributed by atoms with van der Waals surface area (Å²) in [7, 11) is -4.56. The topological polar surface area (TPSA) is 106 Å². The van der Waals surface area contributed by atoms with E-state index in [0.29, 0.717) is 16.8 Å². The number of thiophene rings is 1. The largest absolute Gasteiger partial charge is 0.516 e. The van der Waals surface area contributed by atoms with E-state index in [9.17, 15) is 31.2 Å². The van der Waals surface area contributed by atoms with Crippen LogP contribution in [0.1, 0.15) is 49.0 Å². The number of carbonyl (C=O) groups is 2. The second kappa shape index (κ2) is 13.6. The van der Waals surface area contributed by atoms with E-state index in [2.05, 4.69) is 9.88 Å². The van der Waals surface area contributed by atoms with Gasteiger partial charge in [-0.15, -0.1) is 0 Å². The fraction of sp³-hybridized carbons (Fsp3) is 0.111. The number of fused-ring (bicyclic) bond motifs is 1. The summed E-state index contributed by atoms with van der Waals surface area (Å²) in [6.45, 7) is 0. The number of hydrogen-bond acceptors (Lipinski definition) is 6. The predicted octanol–water partition coefficient (Wildman–Crippen LogP) is 7.77. The number of hydrogen-bond donors (Lipinski definition) is 2. The smallest absolute Gasteiger partial charge is 0.496 e. The maximum absolute atomic E-state index is 12.9. The van der Waals surface area contributed by atoms with Crippen molar-refractivity contribution in [2.75, 3.05) is 12.4 Å². The van der Waals surface area contributed by atoms with Gasteiger partial charge in [0.2, 0.25) is 0 Å². The molecule has 0 saturated heterocycles. The van der Waals surface area contributed by atoms with Gasteiger partial charge in [0.15, 0.2) is 0 Å². The Balaban J connectivity index is 1.44. The van der Waals surface area contributed by atoms with Crippen molar-refractivity contribution in [2.45, 2.75) is 18.0 Å². The number of nitrogens with one attached hydrogen (secondary N) is 2.